The molecule has 0 saturated heterocycles. The fourth-order valence-corrected chi connectivity index (χ4v) is 7.04. The first-order chi connectivity index (χ1) is 27.8. The van der Waals surface area contributed by atoms with Crippen molar-refractivity contribution in [2.24, 2.45) is 14.1 Å². The smallest absolute Gasteiger partial charge is 0.278 e. The largest absolute Gasteiger partial charge is 0.361 e. The lowest BCUT2D eigenvalue weighted by molar-refractivity contribution is 0.0534. The maximum atomic E-state index is 13.7. The van der Waals surface area contributed by atoms with Crippen molar-refractivity contribution in [2.45, 2.75) is 32.4 Å². The second-order valence-electron chi connectivity index (χ2n) is 14.5. The van der Waals surface area contributed by atoms with E-state index in [1.807, 2.05) is 0 Å². The summed E-state index contributed by atoms with van der Waals surface area (Å²) in [6.45, 7) is 7.75. The molecule has 0 saturated carbocycles. The molecule has 0 aliphatic carbocycles. The van der Waals surface area contributed by atoms with Crippen LogP contribution in [0.25, 0.3) is 66.9 Å². The Morgan fingerprint density at radius 3 is 1.91 bits per heavy atom. The van der Waals surface area contributed by atoms with E-state index in [0.29, 0.717) is 73.9 Å². The van der Waals surface area contributed by atoms with Gasteiger partial charge in [0.15, 0.2) is 11.3 Å². The number of carbonyl (C=O) groups is 2. The molecule has 20 heteroatoms. The molecule has 300 valence electrons. The Bertz CT molecular complexity index is 2830. The summed E-state index contributed by atoms with van der Waals surface area (Å²) in [5.74, 6) is -1.56. The molecule has 0 bridgehead atoms. The third kappa shape index (κ3) is 8.02. The van der Waals surface area contributed by atoms with Gasteiger partial charge in [-0.05, 0) is 42.4 Å². The Hall–Kier alpha value is -6.48. The summed E-state index contributed by atoms with van der Waals surface area (Å²) in [6, 6.07) is 9.92. The van der Waals surface area contributed by atoms with Crippen LogP contribution in [-0.4, -0.2) is 89.8 Å². The normalized spacial score (nSPS) is 11.7. The number of hydroxylamine groups is 2. The number of hydrogen-bond acceptors (Lipinski definition) is 11. The standard InChI is InChI=1S/C22H27FN6O3Si.C16H13FN6O2/c1-28-18-10-14(23)6-7-15(18)19(26-28)17-11-24-21-20(25-17)16(22(30)27-31-2)12-29(21)13-32-8-9-33(3,4)5;1-23-12-5-8(17)3-4-9(12)13(21-23)11-7-19-15-14(20-11)10(6-18-15)16(24)22-25-2/h6-7,10-12H,8-9,13H2,1-5H3,(H,27,30);3-7H,1-2H3,(H,18,19)(H,22,24). The van der Waals surface area contributed by atoms with Gasteiger partial charge >= 0.3 is 0 Å². The SMILES string of the molecule is CONC(=O)c1c[nH]c2ncc(-c3nn(C)c4cc(F)ccc34)nc12.CONC(=O)c1cn(COCC[Si](C)(C)C)c2ncc(-c3nn(C)c4cc(F)ccc34)nc12. The molecule has 2 amide bonds. The van der Waals surface area contributed by atoms with E-state index in [1.54, 1.807) is 58.7 Å². The van der Waals surface area contributed by atoms with Crippen molar-refractivity contribution >= 4 is 64.0 Å². The Labute approximate surface area is 330 Å². The number of halogens is 2. The summed E-state index contributed by atoms with van der Waals surface area (Å²) in [6.07, 6.45) is 6.32. The quantitative estimate of drug-likeness (QED) is 0.0828. The molecule has 0 fully saturated rings. The van der Waals surface area contributed by atoms with Crippen molar-refractivity contribution in [1.29, 1.82) is 0 Å². The van der Waals surface area contributed by atoms with Crippen LogP contribution in [0.4, 0.5) is 8.78 Å². The van der Waals surface area contributed by atoms with Gasteiger partial charge in [0.05, 0.1) is 48.8 Å². The fraction of sp³-hybridized carbons (Fsp3) is 0.263. The Kier molecular flexibility index (Phi) is 11.1. The van der Waals surface area contributed by atoms with Crippen molar-refractivity contribution in [3.05, 3.63) is 83.9 Å². The summed E-state index contributed by atoms with van der Waals surface area (Å²) < 4.78 is 38.0. The molecule has 8 rings (SSSR count). The minimum absolute atomic E-state index is 0.251. The number of aromatic amines is 1. The van der Waals surface area contributed by atoms with Crippen LogP contribution in [-0.2, 0) is 35.2 Å². The van der Waals surface area contributed by atoms with E-state index in [2.05, 4.69) is 65.6 Å². The van der Waals surface area contributed by atoms with Crippen molar-refractivity contribution in [3.63, 3.8) is 0 Å². The van der Waals surface area contributed by atoms with Gasteiger partial charge in [-0.25, -0.2) is 39.7 Å². The molecule has 6 aromatic heterocycles. The summed E-state index contributed by atoms with van der Waals surface area (Å²) in [7, 11) is 4.97. The molecule has 3 N–H and O–H groups in total. The number of ether oxygens (including phenoxy) is 1. The predicted octanol–water partition coefficient (Wildman–Crippen LogP) is 5.67. The molecule has 0 aliphatic rings. The second kappa shape index (κ2) is 16.2. The van der Waals surface area contributed by atoms with Crippen LogP contribution in [0.2, 0.25) is 25.7 Å². The minimum atomic E-state index is -1.22. The lowest BCUT2D eigenvalue weighted by Crippen LogP contribution is -2.22. The van der Waals surface area contributed by atoms with E-state index < -0.39 is 19.9 Å². The summed E-state index contributed by atoms with van der Waals surface area (Å²) in [5.41, 5.74) is 10.3. The van der Waals surface area contributed by atoms with E-state index in [1.165, 1.54) is 44.7 Å². The maximum Gasteiger partial charge on any atom is 0.278 e. The van der Waals surface area contributed by atoms with Gasteiger partial charge in [0.25, 0.3) is 11.8 Å². The van der Waals surface area contributed by atoms with E-state index >= 15 is 0 Å². The molecule has 17 nitrogen and oxygen atoms in total. The summed E-state index contributed by atoms with van der Waals surface area (Å²) >= 11 is 0. The summed E-state index contributed by atoms with van der Waals surface area (Å²) in [4.78, 5) is 55.1. The fourth-order valence-electron chi connectivity index (χ4n) is 6.29. The number of benzene rings is 2. The first-order valence-corrected chi connectivity index (χ1v) is 21.7. The van der Waals surface area contributed by atoms with Gasteiger partial charge in [-0.2, -0.15) is 10.2 Å². The number of fused-ring (bicyclic) bond motifs is 4. The molecule has 0 unspecified atom stereocenters. The number of H-pyrrole nitrogens is 1. The summed E-state index contributed by atoms with van der Waals surface area (Å²) in [5, 5.41) is 10.4. The first-order valence-electron chi connectivity index (χ1n) is 18.0. The number of amides is 2. The van der Waals surface area contributed by atoms with Crippen molar-refractivity contribution in [3.8, 4) is 22.8 Å². The highest BCUT2D eigenvalue weighted by Gasteiger charge is 2.22. The highest BCUT2D eigenvalue weighted by Crippen LogP contribution is 2.30. The molecule has 0 radical (unpaired) electrons. The van der Waals surface area contributed by atoms with Crippen LogP contribution >= 0.6 is 0 Å². The average molecular weight is 811 g/mol. The molecule has 0 aliphatic heterocycles. The number of hydrogen-bond donors (Lipinski definition) is 3. The molecule has 58 heavy (non-hydrogen) atoms. The second-order valence-corrected chi connectivity index (χ2v) is 20.1. The van der Waals surface area contributed by atoms with Gasteiger partial charge in [0.1, 0.15) is 52.2 Å². The Morgan fingerprint density at radius 1 is 0.793 bits per heavy atom. The zero-order valence-electron chi connectivity index (χ0n) is 32.7. The highest BCUT2D eigenvalue weighted by molar-refractivity contribution is 6.76. The zero-order chi connectivity index (χ0) is 41.3. The molecule has 0 spiro atoms. The highest BCUT2D eigenvalue weighted by atomic mass is 28.3. The maximum absolute atomic E-state index is 13.7. The molecule has 8 aromatic rings. The van der Waals surface area contributed by atoms with Crippen LogP contribution in [0, 0.1) is 11.6 Å². The van der Waals surface area contributed by atoms with E-state index in [9.17, 15) is 18.4 Å². The number of aromatic nitrogens is 10. The minimum Gasteiger partial charge on any atom is -0.361 e. The Morgan fingerprint density at radius 2 is 1.34 bits per heavy atom. The van der Waals surface area contributed by atoms with Crippen LogP contribution in [0.1, 0.15) is 20.7 Å². The lowest BCUT2D eigenvalue weighted by Gasteiger charge is -2.15. The number of nitrogens with one attached hydrogen (secondary N) is 3. The van der Waals surface area contributed by atoms with Crippen molar-refractivity contribution in [2.75, 3.05) is 20.8 Å². The van der Waals surface area contributed by atoms with E-state index in [0.717, 1.165) is 16.8 Å². The van der Waals surface area contributed by atoms with Crippen LogP contribution in [0.5, 0.6) is 0 Å². The number of carbonyl (C=O) groups excluding carboxylic acids is 2. The number of aryl methyl sites for hydroxylation is 2. The molecular formula is C38H40F2N12O5Si. The zero-order valence-corrected chi connectivity index (χ0v) is 33.7. The lowest BCUT2D eigenvalue weighted by atomic mass is 10.1. The predicted molar refractivity (Wildman–Crippen MR) is 214 cm³/mol. The average Bonchev–Trinajstić information content (AvgIpc) is 3.95. The third-order valence-electron chi connectivity index (χ3n) is 9.16. The first kappa shape index (κ1) is 39.7. The number of rotatable bonds is 11. The topological polar surface area (TPSA) is 194 Å². The molecule has 0 atom stereocenters. The van der Waals surface area contributed by atoms with Crippen LogP contribution < -0.4 is 11.0 Å². The van der Waals surface area contributed by atoms with Crippen molar-refractivity contribution < 1.29 is 32.8 Å². The number of nitrogens with zero attached hydrogens (tertiary/aromatic N) is 9. The van der Waals surface area contributed by atoms with Gasteiger partial charge in [-0.3, -0.25) is 28.6 Å². The van der Waals surface area contributed by atoms with E-state index in [-0.39, 0.29) is 18.4 Å². The van der Waals surface area contributed by atoms with Crippen molar-refractivity contribution in [1.82, 2.24) is 60.0 Å². The van der Waals surface area contributed by atoms with Crippen LogP contribution in [0.15, 0.2) is 61.2 Å². The van der Waals surface area contributed by atoms with Gasteiger partial charge in [-0.1, -0.05) is 19.6 Å². The molecular weight excluding hydrogens is 771 g/mol. The van der Waals surface area contributed by atoms with Gasteiger partial charge < -0.3 is 14.3 Å². The van der Waals surface area contributed by atoms with Gasteiger partial charge in [-0.15, -0.1) is 0 Å². The van der Waals surface area contributed by atoms with Gasteiger partial charge in [0.2, 0.25) is 0 Å². The monoisotopic (exact) mass is 810 g/mol. The third-order valence-corrected chi connectivity index (χ3v) is 10.9. The van der Waals surface area contributed by atoms with Gasteiger partial charge in [0, 0.05) is 51.9 Å². The Balaban J connectivity index is 0.000000183. The van der Waals surface area contributed by atoms with Crippen LogP contribution in [0.3, 0.4) is 0 Å². The van der Waals surface area contributed by atoms with E-state index in [4.69, 9.17) is 14.6 Å². The molecule has 6 heterocycles. The molecule has 2 aromatic carbocycles.